The Balaban J connectivity index is 2.56. The minimum atomic E-state index is 0.146. The second-order valence-corrected chi connectivity index (χ2v) is 5.79. The highest BCUT2D eigenvalue weighted by atomic mass is 16.2. The van der Waals surface area contributed by atoms with Crippen LogP contribution in [0.15, 0.2) is 0 Å². The van der Waals surface area contributed by atoms with Crippen LogP contribution in [0.3, 0.4) is 0 Å². The van der Waals surface area contributed by atoms with Crippen molar-refractivity contribution in [1.82, 2.24) is 4.90 Å². The first-order valence-corrected chi connectivity index (χ1v) is 6.97. The van der Waals surface area contributed by atoms with Crippen LogP contribution in [-0.4, -0.2) is 30.4 Å². The van der Waals surface area contributed by atoms with Crippen LogP contribution in [0.1, 0.15) is 46.5 Å². The average molecular weight is 240 g/mol. The fourth-order valence-electron chi connectivity index (χ4n) is 2.72. The fourth-order valence-corrected chi connectivity index (χ4v) is 2.72. The van der Waals surface area contributed by atoms with Gasteiger partial charge in [-0.3, -0.25) is 4.79 Å². The highest BCUT2D eigenvalue weighted by Crippen LogP contribution is 2.30. The molecule has 1 fully saturated rings. The zero-order chi connectivity index (χ0) is 13.0. The summed E-state index contributed by atoms with van der Waals surface area (Å²) in [6, 6.07) is 0.203. The Labute approximate surface area is 106 Å². The molecule has 0 heterocycles. The number of hydrogen-bond acceptors (Lipinski definition) is 2. The van der Waals surface area contributed by atoms with Gasteiger partial charge in [0.1, 0.15) is 0 Å². The van der Waals surface area contributed by atoms with Crippen molar-refractivity contribution in [2.45, 2.75) is 52.5 Å². The standard InChI is InChI=1S/C14H28N2O/c1-5-10(2)9-16(4)14(17)12-7-6-8-13(15)11(12)3/h10-13H,5-9,15H2,1-4H3. The molecule has 0 aromatic carbocycles. The Morgan fingerprint density at radius 2 is 2.12 bits per heavy atom. The van der Waals surface area contributed by atoms with Crippen LogP contribution < -0.4 is 5.73 Å². The smallest absolute Gasteiger partial charge is 0.225 e. The Hall–Kier alpha value is -0.570. The van der Waals surface area contributed by atoms with Gasteiger partial charge < -0.3 is 10.6 Å². The van der Waals surface area contributed by atoms with E-state index in [1.165, 1.54) is 0 Å². The quantitative estimate of drug-likeness (QED) is 0.819. The molecule has 4 atom stereocenters. The van der Waals surface area contributed by atoms with E-state index in [-0.39, 0.29) is 12.0 Å². The summed E-state index contributed by atoms with van der Waals surface area (Å²) in [7, 11) is 1.93. The van der Waals surface area contributed by atoms with Crippen molar-refractivity contribution >= 4 is 5.91 Å². The first-order valence-electron chi connectivity index (χ1n) is 6.97. The molecule has 0 spiro atoms. The zero-order valence-electron chi connectivity index (χ0n) is 11.8. The highest BCUT2D eigenvalue weighted by molar-refractivity contribution is 5.79. The number of carbonyl (C=O) groups is 1. The molecule has 0 saturated heterocycles. The number of hydrogen-bond donors (Lipinski definition) is 1. The third-order valence-corrected chi connectivity index (χ3v) is 4.34. The van der Waals surface area contributed by atoms with E-state index in [0.29, 0.717) is 17.7 Å². The molecule has 0 bridgehead atoms. The second-order valence-electron chi connectivity index (χ2n) is 5.79. The summed E-state index contributed by atoms with van der Waals surface area (Å²) in [6.45, 7) is 7.36. The summed E-state index contributed by atoms with van der Waals surface area (Å²) in [6.07, 6.45) is 4.30. The molecule has 0 aromatic rings. The minimum absolute atomic E-state index is 0.146. The van der Waals surface area contributed by atoms with Gasteiger partial charge in [-0.25, -0.2) is 0 Å². The molecule has 0 radical (unpaired) electrons. The summed E-state index contributed by atoms with van der Waals surface area (Å²) < 4.78 is 0. The summed E-state index contributed by atoms with van der Waals surface area (Å²) >= 11 is 0. The highest BCUT2D eigenvalue weighted by Gasteiger charge is 2.34. The molecule has 2 N–H and O–H groups in total. The predicted octanol–water partition coefficient (Wildman–Crippen LogP) is 2.25. The van der Waals surface area contributed by atoms with Gasteiger partial charge in [0, 0.05) is 25.6 Å². The van der Waals surface area contributed by atoms with Gasteiger partial charge in [0.05, 0.1) is 0 Å². The molecule has 1 aliphatic carbocycles. The molecule has 3 nitrogen and oxygen atoms in total. The molecular formula is C14H28N2O. The zero-order valence-corrected chi connectivity index (χ0v) is 11.8. The van der Waals surface area contributed by atoms with Gasteiger partial charge in [-0.2, -0.15) is 0 Å². The van der Waals surface area contributed by atoms with Crippen LogP contribution in [0.25, 0.3) is 0 Å². The molecule has 1 saturated carbocycles. The number of nitrogens with two attached hydrogens (primary N) is 1. The van der Waals surface area contributed by atoms with Crippen LogP contribution in [0.2, 0.25) is 0 Å². The molecule has 100 valence electrons. The lowest BCUT2D eigenvalue weighted by Crippen LogP contribution is -2.45. The van der Waals surface area contributed by atoms with Gasteiger partial charge in [-0.05, 0) is 24.7 Å². The van der Waals surface area contributed by atoms with Gasteiger partial charge in [0.15, 0.2) is 0 Å². The Bertz CT molecular complexity index is 255. The second kappa shape index (κ2) is 6.39. The molecule has 1 aliphatic rings. The van der Waals surface area contributed by atoms with Crippen molar-refractivity contribution in [3.05, 3.63) is 0 Å². The molecule has 3 heteroatoms. The molecular weight excluding hydrogens is 212 g/mol. The molecule has 4 unspecified atom stereocenters. The summed E-state index contributed by atoms with van der Waals surface area (Å²) in [5, 5.41) is 0. The maximum atomic E-state index is 12.4. The summed E-state index contributed by atoms with van der Waals surface area (Å²) in [4.78, 5) is 14.3. The maximum Gasteiger partial charge on any atom is 0.225 e. The average Bonchev–Trinajstić information content (AvgIpc) is 2.31. The Morgan fingerprint density at radius 3 is 2.71 bits per heavy atom. The number of amides is 1. The lowest BCUT2D eigenvalue weighted by Gasteiger charge is -2.35. The van der Waals surface area contributed by atoms with Crippen molar-refractivity contribution in [3.63, 3.8) is 0 Å². The van der Waals surface area contributed by atoms with E-state index in [2.05, 4.69) is 20.8 Å². The van der Waals surface area contributed by atoms with Gasteiger partial charge >= 0.3 is 0 Å². The van der Waals surface area contributed by atoms with Gasteiger partial charge in [-0.15, -0.1) is 0 Å². The Morgan fingerprint density at radius 1 is 1.47 bits per heavy atom. The van der Waals surface area contributed by atoms with Crippen LogP contribution in [0.4, 0.5) is 0 Å². The third-order valence-electron chi connectivity index (χ3n) is 4.34. The van der Waals surface area contributed by atoms with E-state index in [0.717, 1.165) is 32.2 Å². The molecule has 0 aromatic heterocycles. The van der Waals surface area contributed by atoms with Crippen LogP contribution >= 0.6 is 0 Å². The summed E-state index contributed by atoms with van der Waals surface area (Å²) in [5.74, 6) is 1.35. The van der Waals surface area contributed by atoms with E-state index in [1.54, 1.807) is 0 Å². The largest absolute Gasteiger partial charge is 0.345 e. The number of carbonyl (C=O) groups excluding carboxylic acids is 1. The van der Waals surface area contributed by atoms with Crippen molar-refractivity contribution < 1.29 is 4.79 Å². The first-order chi connectivity index (χ1) is 7.97. The minimum Gasteiger partial charge on any atom is -0.345 e. The van der Waals surface area contributed by atoms with E-state index >= 15 is 0 Å². The van der Waals surface area contributed by atoms with Crippen molar-refractivity contribution in [2.75, 3.05) is 13.6 Å². The maximum absolute atomic E-state index is 12.4. The predicted molar refractivity (Wildman–Crippen MR) is 71.6 cm³/mol. The van der Waals surface area contributed by atoms with E-state index in [9.17, 15) is 4.79 Å². The first kappa shape index (κ1) is 14.5. The Kier molecular flexibility index (Phi) is 5.44. The molecule has 0 aliphatic heterocycles. The van der Waals surface area contributed by atoms with Crippen LogP contribution in [0.5, 0.6) is 0 Å². The van der Waals surface area contributed by atoms with Crippen molar-refractivity contribution in [3.8, 4) is 0 Å². The van der Waals surface area contributed by atoms with Gasteiger partial charge in [-0.1, -0.05) is 33.6 Å². The number of rotatable bonds is 4. The third kappa shape index (κ3) is 3.70. The van der Waals surface area contributed by atoms with Crippen molar-refractivity contribution in [1.29, 1.82) is 0 Å². The summed E-state index contributed by atoms with van der Waals surface area (Å²) in [5.41, 5.74) is 6.06. The van der Waals surface area contributed by atoms with Gasteiger partial charge in [0.2, 0.25) is 5.91 Å². The van der Waals surface area contributed by atoms with Gasteiger partial charge in [0.25, 0.3) is 0 Å². The van der Waals surface area contributed by atoms with Crippen molar-refractivity contribution in [2.24, 2.45) is 23.5 Å². The van der Waals surface area contributed by atoms with Crippen LogP contribution in [0, 0.1) is 17.8 Å². The van der Waals surface area contributed by atoms with E-state index in [1.807, 2.05) is 11.9 Å². The SMILES string of the molecule is CCC(C)CN(C)C(=O)C1CCCC(N)C1C. The fraction of sp³-hybridized carbons (Fsp3) is 0.929. The topological polar surface area (TPSA) is 46.3 Å². The molecule has 17 heavy (non-hydrogen) atoms. The number of nitrogens with zero attached hydrogens (tertiary/aromatic N) is 1. The normalized spacial score (nSPS) is 31.0. The monoisotopic (exact) mass is 240 g/mol. The molecule has 1 amide bonds. The lowest BCUT2D eigenvalue weighted by atomic mass is 9.76. The van der Waals surface area contributed by atoms with E-state index < -0.39 is 0 Å². The van der Waals surface area contributed by atoms with E-state index in [4.69, 9.17) is 5.73 Å². The molecule has 1 rings (SSSR count). The lowest BCUT2D eigenvalue weighted by molar-refractivity contribution is -0.137. The van der Waals surface area contributed by atoms with Crippen LogP contribution in [-0.2, 0) is 4.79 Å².